The summed E-state index contributed by atoms with van der Waals surface area (Å²) in [5.41, 5.74) is 2.74. The normalized spacial score (nSPS) is 11.8. The van der Waals surface area contributed by atoms with Crippen molar-refractivity contribution in [3.05, 3.63) is 85.5 Å². The first-order chi connectivity index (χ1) is 15.8. The van der Waals surface area contributed by atoms with Gasteiger partial charge in [-0.05, 0) is 54.7 Å². The number of rotatable bonds is 5. The van der Waals surface area contributed by atoms with Crippen molar-refractivity contribution >= 4 is 44.8 Å². The first kappa shape index (κ1) is 22.8. The summed E-state index contributed by atoms with van der Waals surface area (Å²) >= 11 is 7.32. The maximum absolute atomic E-state index is 12.9. The van der Waals surface area contributed by atoms with E-state index in [1.807, 2.05) is 19.1 Å². The molecule has 33 heavy (non-hydrogen) atoms. The minimum Gasteiger partial charge on any atom is -0.422 e. The maximum atomic E-state index is 12.9. The zero-order chi connectivity index (χ0) is 23.7. The van der Waals surface area contributed by atoms with Gasteiger partial charge in [-0.2, -0.15) is 5.26 Å². The van der Waals surface area contributed by atoms with Crippen LogP contribution in [0.4, 0.5) is 5.00 Å². The Morgan fingerprint density at radius 1 is 1.21 bits per heavy atom. The predicted molar refractivity (Wildman–Crippen MR) is 133 cm³/mol. The number of halogens is 1. The van der Waals surface area contributed by atoms with Crippen LogP contribution in [0.25, 0.3) is 22.1 Å². The topological polar surface area (TPSA) is 83.1 Å². The molecule has 1 atom stereocenters. The monoisotopic (exact) mass is 476 g/mol. The lowest BCUT2D eigenvalue weighted by molar-refractivity contribution is 0.102. The van der Waals surface area contributed by atoms with Crippen molar-refractivity contribution in [2.45, 2.75) is 33.1 Å². The van der Waals surface area contributed by atoms with Gasteiger partial charge in [-0.3, -0.25) is 4.79 Å². The molecule has 1 amide bonds. The first-order valence-corrected chi connectivity index (χ1v) is 11.7. The fraction of sp³-hybridized carbons (Fsp3) is 0.192. The minimum absolute atomic E-state index is 0.154. The van der Waals surface area contributed by atoms with Gasteiger partial charge in [0.1, 0.15) is 22.2 Å². The highest BCUT2D eigenvalue weighted by Crippen LogP contribution is 2.40. The number of hydrogen-bond donors (Lipinski definition) is 1. The molecule has 0 unspecified atom stereocenters. The lowest BCUT2D eigenvalue weighted by Gasteiger charge is -2.10. The van der Waals surface area contributed by atoms with Crippen LogP contribution in [0.1, 0.15) is 52.5 Å². The van der Waals surface area contributed by atoms with Gasteiger partial charge in [0, 0.05) is 20.8 Å². The number of carbonyl (C=O) groups excluding carboxylic acids is 1. The number of nitriles is 1. The van der Waals surface area contributed by atoms with Crippen molar-refractivity contribution in [1.29, 1.82) is 5.26 Å². The van der Waals surface area contributed by atoms with E-state index in [2.05, 4.69) is 37.4 Å². The van der Waals surface area contributed by atoms with Crippen molar-refractivity contribution < 1.29 is 9.21 Å². The van der Waals surface area contributed by atoms with E-state index in [0.717, 1.165) is 22.4 Å². The van der Waals surface area contributed by atoms with Crippen LogP contribution in [0.15, 0.2) is 57.7 Å². The Kier molecular flexibility index (Phi) is 6.37. The van der Waals surface area contributed by atoms with Crippen molar-refractivity contribution in [3.63, 3.8) is 0 Å². The maximum Gasteiger partial charge on any atom is 0.349 e. The van der Waals surface area contributed by atoms with Crippen molar-refractivity contribution in [2.24, 2.45) is 0 Å². The van der Waals surface area contributed by atoms with Crippen LogP contribution in [0.2, 0.25) is 5.02 Å². The highest BCUT2D eigenvalue weighted by Gasteiger charge is 2.21. The van der Waals surface area contributed by atoms with Gasteiger partial charge in [0.25, 0.3) is 5.91 Å². The van der Waals surface area contributed by atoms with E-state index in [-0.39, 0.29) is 5.56 Å². The standard InChI is InChI=1S/C26H21ClN2O3S/c1-4-14(2)16-5-7-17(8-6-16)23-15(3)33-25(21(23)13-28)29-24(30)20-12-18-11-19(27)9-10-22(18)32-26(20)31/h5-12,14H,4H2,1-3H3,(H,29,30)/t14-/m1/s1. The number of benzene rings is 2. The largest absolute Gasteiger partial charge is 0.422 e. The second-order valence-electron chi connectivity index (χ2n) is 7.86. The van der Waals surface area contributed by atoms with E-state index in [0.29, 0.717) is 32.5 Å². The number of anilines is 1. The van der Waals surface area contributed by atoms with E-state index in [1.165, 1.54) is 23.0 Å². The molecule has 4 aromatic rings. The van der Waals surface area contributed by atoms with E-state index in [4.69, 9.17) is 16.0 Å². The Bertz CT molecular complexity index is 1460. The number of nitrogens with zero attached hydrogens (tertiary/aromatic N) is 1. The highest BCUT2D eigenvalue weighted by molar-refractivity contribution is 7.17. The summed E-state index contributed by atoms with van der Waals surface area (Å²) in [6, 6.07) is 16.6. The molecule has 2 heterocycles. The van der Waals surface area contributed by atoms with Gasteiger partial charge in [0.15, 0.2) is 0 Å². The second kappa shape index (κ2) is 9.22. The highest BCUT2D eigenvalue weighted by atomic mass is 35.5. The molecule has 0 spiro atoms. The fourth-order valence-corrected chi connectivity index (χ4v) is 4.93. The Hall–Kier alpha value is -3.40. The molecule has 0 fully saturated rings. The first-order valence-electron chi connectivity index (χ1n) is 10.5. The number of fused-ring (bicyclic) bond motifs is 1. The molecule has 5 nitrogen and oxygen atoms in total. The molecule has 0 bridgehead atoms. The molecule has 0 radical (unpaired) electrons. The molecule has 2 aromatic carbocycles. The van der Waals surface area contributed by atoms with Crippen LogP contribution in [-0.4, -0.2) is 5.91 Å². The summed E-state index contributed by atoms with van der Waals surface area (Å²) in [7, 11) is 0. The predicted octanol–water partition coefficient (Wildman–Crippen LogP) is 7.12. The molecule has 0 saturated carbocycles. The van der Waals surface area contributed by atoms with Gasteiger partial charge in [0.2, 0.25) is 0 Å². The van der Waals surface area contributed by atoms with E-state index < -0.39 is 11.5 Å². The van der Waals surface area contributed by atoms with E-state index in [9.17, 15) is 14.9 Å². The van der Waals surface area contributed by atoms with E-state index in [1.54, 1.807) is 18.2 Å². The molecule has 1 N–H and O–H groups in total. The number of amides is 1. The van der Waals surface area contributed by atoms with Crippen LogP contribution in [0, 0.1) is 18.3 Å². The number of carbonyl (C=O) groups is 1. The van der Waals surface area contributed by atoms with Gasteiger partial charge >= 0.3 is 5.63 Å². The van der Waals surface area contributed by atoms with Crippen LogP contribution < -0.4 is 10.9 Å². The average Bonchev–Trinajstić information content (AvgIpc) is 3.12. The third kappa shape index (κ3) is 4.43. The fourth-order valence-electron chi connectivity index (χ4n) is 3.72. The summed E-state index contributed by atoms with van der Waals surface area (Å²) < 4.78 is 5.26. The smallest absolute Gasteiger partial charge is 0.349 e. The quantitative estimate of drug-likeness (QED) is 0.311. The number of hydrogen-bond acceptors (Lipinski definition) is 5. The van der Waals surface area contributed by atoms with Crippen LogP contribution in [0.3, 0.4) is 0 Å². The van der Waals surface area contributed by atoms with Crippen LogP contribution in [-0.2, 0) is 0 Å². The molecule has 2 aromatic heterocycles. The number of nitrogens with one attached hydrogen (secondary N) is 1. The number of aryl methyl sites for hydroxylation is 1. The Labute approximate surface area is 200 Å². The summed E-state index contributed by atoms with van der Waals surface area (Å²) in [5, 5.41) is 14.0. The zero-order valence-corrected chi connectivity index (χ0v) is 19.9. The van der Waals surface area contributed by atoms with Gasteiger partial charge in [-0.1, -0.05) is 49.7 Å². The summed E-state index contributed by atoms with van der Waals surface area (Å²) in [5.74, 6) is -0.182. The van der Waals surface area contributed by atoms with Crippen LogP contribution in [0.5, 0.6) is 0 Å². The molecule has 0 aliphatic rings. The van der Waals surface area contributed by atoms with Crippen molar-refractivity contribution in [1.82, 2.24) is 0 Å². The Morgan fingerprint density at radius 2 is 1.94 bits per heavy atom. The molecule has 166 valence electrons. The van der Waals surface area contributed by atoms with Gasteiger partial charge in [-0.15, -0.1) is 11.3 Å². The number of thiophene rings is 1. The molecule has 0 saturated heterocycles. The van der Waals surface area contributed by atoms with Gasteiger partial charge in [0.05, 0.1) is 5.56 Å². The Balaban J connectivity index is 1.69. The minimum atomic E-state index is -0.755. The summed E-state index contributed by atoms with van der Waals surface area (Å²) in [6.07, 6.45) is 1.05. The molecular weight excluding hydrogens is 456 g/mol. The average molecular weight is 477 g/mol. The van der Waals surface area contributed by atoms with Crippen LogP contribution >= 0.6 is 22.9 Å². The second-order valence-corrected chi connectivity index (χ2v) is 9.53. The third-order valence-electron chi connectivity index (χ3n) is 5.74. The van der Waals surface area contributed by atoms with Gasteiger partial charge < -0.3 is 9.73 Å². The Morgan fingerprint density at radius 3 is 2.61 bits per heavy atom. The van der Waals surface area contributed by atoms with Crippen molar-refractivity contribution in [3.8, 4) is 17.2 Å². The summed E-state index contributed by atoms with van der Waals surface area (Å²) in [4.78, 5) is 26.2. The van der Waals surface area contributed by atoms with Crippen molar-refractivity contribution in [2.75, 3.05) is 5.32 Å². The SMILES string of the molecule is CC[C@@H](C)c1ccc(-c2c(C)sc(NC(=O)c3cc4cc(Cl)ccc4oc3=O)c2C#N)cc1. The molecule has 0 aliphatic carbocycles. The summed E-state index contributed by atoms with van der Waals surface area (Å²) in [6.45, 7) is 6.23. The van der Waals surface area contributed by atoms with E-state index >= 15 is 0 Å². The molecule has 7 heteroatoms. The zero-order valence-electron chi connectivity index (χ0n) is 18.4. The lowest BCUT2D eigenvalue weighted by Crippen LogP contribution is -2.20. The molecule has 0 aliphatic heterocycles. The molecular formula is C26H21ClN2O3S. The third-order valence-corrected chi connectivity index (χ3v) is 7.00. The molecule has 4 rings (SSSR count). The van der Waals surface area contributed by atoms with Gasteiger partial charge in [-0.25, -0.2) is 4.79 Å². The lowest BCUT2D eigenvalue weighted by atomic mass is 9.95.